The van der Waals surface area contributed by atoms with Crippen molar-refractivity contribution >= 4 is 21.6 Å². The molecule has 0 unspecified atom stereocenters. The predicted molar refractivity (Wildman–Crippen MR) is 105 cm³/mol. The van der Waals surface area contributed by atoms with E-state index in [9.17, 15) is 4.79 Å². The molecule has 2 aliphatic heterocycles. The Hall–Kier alpha value is -2.38. The smallest absolute Gasteiger partial charge is 0.260 e. The topological polar surface area (TPSA) is 67.5 Å². The Morgan fingerprint density at radius 3 is 2.93 bits per heavy atom. The summed E-state index contributed by atoms with van der Waals surface area (Å²) in [5.41, 5.74) is 1.75. The van der Waals surface area contributed by atoms with Gasteiger partial charge >= 0.3 is 0 Å². The van der Waals surface area contributed by atoms with E-state index in [1.165, 1.54) is 24.2 Å². The van der Waals surface area contributed by atoms with Gasteiger partial charge in [0.25, 0.3) is 5.56 Å². The lowest BCUT2D eigenvalue weighted by molar-refractivity contribution is 0.174. The minimum atomic E-state index is -0.0747. The van der Waals surface area contributed by atoms with E-state index in [1.54, 1.807) is 0 Å². The zero-order valence-electron chi connectivity index (χ0n) is 15.2. The molecule has 2 aromatic heterocycles. The highest BCUT2D eigenvalue weighted by atomic mass is 32.1. The second-order valence-corrected chi connectivity index (χ2v) is 8.23. The molecule has 0 atom stereocenters. The molecule has 0 amide bonds. The zero-order chi connectivity index (χ0) is 18.4. The van der Waals surface area contributed by atoms with Gasteiger partial charge in [-0.1, -0.05) is 13.0 Å². The van der Waals surface area contributed by atoms with Crippen LogP contribution >= 0.6 is 11.3 Å². The first-order valence-corrected chi connectivity index (χ1v) is 10.2. The lowest BCUT2D eigenvalue weighted by atomic mass is 9.99. The molecule has 0 saturated carbocycles. The lowest BCUT2D eigenvalue weighted by Gasteiger charge is -2.29. The van der Waals surface area contributed by atoms with Crippen LogP contribution in [0.3, 0.4) is 0 Å². The van der Waals surface area contributed by atoms with E-state index in [2.05, 4.69) is 16.8 Å². The zero-order valence-corrected chi connectivity index (χ0v) is 16.0. The lowest BCUT2D eigenvalue weighted by Crippen LogP contribution is -2.33. The van der Waals surface area contributed by atoms with Gasteiger partial charge in [-0.25, -0.2) is 4.98 Å². The van der Waals surface area contributed by atoms with Crippen molar-refractivity contribution in [2.45, 2.75) is 26.3 Å². The Balaban J connectivity index is 1.47. The van der Waals surface area contributed by atoms with Crippen LogP contribution in [0.25, 0.3) is 21.3 Å². The maximum absolute atomic E-state index is 12.8. The summed E-state index contributed by atoms with van der Waals surface area (Å²) in [6, 6.07) is 5.76. The fraction of sp³-hybridized carbons (Fsp3) is 0.400. The molecule has 1 aromatic carbocycles. The molecule has 0 radical (unpaired) electrons. The van der Waals surface area contributed by atoms with Gasteiger partial charge in [-0.2, -0.15) is 0 Å². The molecule has 1 saturated heterocycles. The van der Waals surface area contributed by atoms with Gasteiger partial charge < -0.3 is 14.5 Å². The van der Waals surface area contributed by atoms with E-state index in [0.717, 1.165) is 46.5 Å². The molecule has 3 aromatic rings. The summed E-state index contributed by atoms with van der Waals surface area (Å²) in [5, 5.41) is 2.64. The van der Waals surface area contributed by atoms with Crippen LogP contribution < -0.4 is 15.0 Å². The third-order valence-electron chi connectivity index (χ3n) is 5.43. The van der Waals surface area contributed by atoms with Gasteiger partial charge in [-0.15, -0.1) is 11.3 Å². The van der Waals surface area contributed by atoms with Gasteiger partial charge in [-0.3, -0.25) is 9.69 Å². The molecule has 6 nitrogen and oxygen atoms in total. The van der Waals surface area contributed by atoms with Gasteiger partial charge in [0.1, 0.15) is 10.7 Å². The highest BCUT2D eigenvalue weighted by molar-refractivity contribution is 7.17. The standard InChI is InChI=1S/C20H21N3O3S/c1-12-4-6-23(7-5-12)9-17-21-19(24)18-14(10-27-20(18)22-17)13-2-3-15-16(8-13)26-11-25-15/h2-3,8,10,12H,4-7,9,11H2,1H3,(H,21,22,24). The maximum atomic E-state index is 12.8. The van der Waals surface area contributed by atoms with E-state index in [4.69, 9.17) is 14.5 Å². The van der Waals surface area contributed by atoms with Crippen molar-refractivity contribution in [3.05, 3.63) is 39.8 Å². The number of aromatic nitrogens is 2. The van der Waals surface area contributed by atoms with Crippen molar-refractivity contribution in [1.82, 2.24) is 14.9 Å². The number of piperidine rings is 1. The summed E-state index contributed by atoms with van der Waals surface area (Å²) < 4.78 is 10.8. The van der Waals surface area contributed by atoms with Gasteiger partial charge in [0, 0.05) is 10.9 Å². The maximum Gasteiger partial charge on any atom is 0.260 e. The first-order valence-electron chi connectivity index (χ1n) is 9.30. The van der Waals surface area contributed by atoms with Crippen molar-refractivity contribution in [1.29, 1.82) is 0 Å². The molecule has 0 spiro atoms. The molecule has 7 heteroatoms. The van der Waals surface area contributed by atoms with Crippen LogP contribution in [-0.2, 0) is 6.54 Å². The summed E-state index contributed by atoms with van der Waals surface area (Å²) >= 11 is 1.51. The molecular formula is C20H21N3O3S. The van der Waals surface area contributed by atoms with Crippen molar-refractivity contribution in [2.24, 2.45) is 5.92 Å². The van der Waals surface area contributed by atoms with E-state index in [1.807, 2.05) is 23.6 Å². The number of nitrogens with one attached hydrogen (secondary N) is 1. The first-order chi connectivity index (χ1) is 13.2. The largest absolute Gasteiger partial charge is 0.454 e. The molecule has 0 bridgehead atoms. The van der Waals surface area contributed by atoms with Crippen LogP contribution in [0.4, 0.5) is 0 Å². The highest BCUT2D eigenvalue weighted by Gasteiger charge is 2.20. The number of fused-ring (bicyclic) bond motifs is 2. The number of benzene rings is 1. The molecule has 140 valence electrons. The average molecular weight is 383 g/mol. The van der Waals surface area contributed by atoms with E-state index >= 15 is 0 Å². The SMILES string of the molecule is CC1CCN(Cc2nc3scc(-c4ccc5c(c4)OCO5)c3c(=O)[nH]2)CC1. The third-order valence-corrected chi connectivity index (χ3v) is 6.30. The summed E-state index contributed by atoms with van der Waals surface area (Å²) in [5.74, 6) is 2.99. The Labute approximate surface area is 160 Å². The third kappa shape index (κ3) is 3.11. The molecule has 27 heavy (non-hydrogen) atoms. The van der Waals surface area contributed by atoms with Crippen LogP contribution in [0.5, 0.6) is 11.5 Å². The Morgan fingerprint density at radius 1 is 1.26 bits per heavy atom. The second kappa shape index (κ2) is 6.65. The monoisotopic (exact) mass is 383 g/mol. The normalized spacial score (nSPS) is 17.7. The highest BCUT2D eigenvalue weighted by Crippen LogP contribution is 2.38. The minimum absolute atomic E-state index is 0.0747. The number of nitrogens with zero attached hydrogens (tertiary/aromatic N) is 2. The summed E-state index contributed by atoms with van der Waals surface area (Å²) in [6.45, 7) is 5.37. The molecule has 2 aliphatic rings. The van der Waals surface area contributed by atoms with Crippen molar-refractivity contribution in [3.8, 4) is 22.6 Å². The van der Waals surface area contributed by atoms with Crippen LogP contribution in [0.2, 0.25) is 0 Å². The molecule has 4 heterocycles. The number of thiophene rings is 1. The minimum Gasteiger partial charge on any atom is -0.454 e. The summed E-state index contributed by atoms with van der Waals surface area (Å²) in [7, 11) is 0. The van der Waals surface area contributed by atoms with Crippen LogP contribution in [0.15, 0.2) is 28.4 Å². The Kier molecular flexibility index (Phi) is 4.13. The number of aromatic amines is 1. The molecule has 5 rings (SSSR count). The van der Waals surface area contributed by atoms with Crippen molar-refractivity contribution < 1.29 is 9.47 Å². The van der Waals surface area contributed by atoms with E-state index in [0.29, 0.717) is 17.7 Å². The van der Waals surface area contributed by atoms with Gasteiger partial charge in [-0.05, 0) is 49.5 Å². The summed E-state index contributed by atoms with van der Waals surface area (Å²) in [6.07, 6.45) is 2.42. The molecule has 0 aliphatic carbocycles. The van der Waals surface area contributed by atoms with Crippen LogP contribution in [0, 0.1) is 5.92 Å². The van der Waals surface area contributed by atoms with E-state index < -0.39 is 0 Å². The van der Waals surface area contributed by atoms with Gasteiger partial charge in [0.15, 0.2) is 11.5 Å². The quantitative estimate of drug-likeness (QED) is 0.748. The number of hydrogen-bond donors (Lipinski definition) is 1. The fourth-order valence-corrected chi connectivity index (χ4v) is 4.74. The Bertz CT molecular complexity index is 1050. The molecule has 1 fully saturated rings. The average Bonchev–Trinajstić information content (AvgIpc) is 3.30. The molecule has 1 N–H and O–H groups in total. The number of rotatable bonds is 3. The number of ether oxygens (including phenoxy) is 2. The number of likely N-dealkylation sites (tertiary alicyclic amines) is 1. The molecular weight excluding hydrogens is 362 g/mol. The fourth-order valence-electron chi connectivity index (χ4n) is 3.78. The Morgan fingerprint density at radius 2 is 2.07 bits per heavy atom. The predicted octanol–water partition coefficient (Wildman–Crippen LogP) is 3.61. The van der Waals surface area contributed by atoms with Crippen LogP contribution in [0.1, 0.15) is 25.6 Å². The second-order valence-electron chi connectivity index (χ2n) is 7.37. The number of H-pyrrole nitrogens is 1. The van der Waals surface area contributed by atoms with Crippen molar-refractivity contribution in [3.63, 3.8) is 0 Å². The summed E-state index contributed by atoms with van der Waals surface area (Å²) in [4.78, 5) is 23.7. The number of hydrogen-bond acceptors (Lipinski definition) is 6. The van der Waals surface area contributed by atoms with Crippen LogP contribution in [-0.4, -0.2) is 34.8 Å². The van der Waals surface area contributed by atoms with Crippen molar-refractivity contribution in [2.75, 3.05) is 19.9 Å². The van der Waals surface area contributed by atoms with Gasteiger partial charge in [0.2, 0.25) is 6.79 Å². The first kappa shape index (κ1) is 16.8. The van der Waals surface area contributed by atoms with Gasteiger partial charge in [0.05, 0.1) is 11.9 Å². The van der Waals surface area contributed by atoms with E-state index in [-0.39, 0.29) is 12.4 Å².